The van der Waals surface area contributed by atoms with Crippen LogP contribution in [0.2, 0.25) is 0 Å². The predicted molar refractivity (Wildman–Crippen MR) is 105 cm³/mol. The second-order valence-corrected chi connectivity index (χ2v) is 8.08. The van der Waals surface area contributed by atoms with Crippen molar-refractivity contribution in [3.8, 4) is 0 Å². The lowest BCUT2D eigenvalue weighted by Crippen LogP contribution is -2.46. The zero-order valence-electron chi connectivity index (χ0n) is 16.7. The largest absolute Gasteiger partial charge is 0.416 e. The summed E-state index contributed by atoms with van der Waals surface area (Å²) in [5, 5.41) is 3.44. The van der Waals surface area contributed by atoms with Gasteiger partial charge in [-0.1, -0.05) is 31.0 Å². The number of ether oxygens (including phenoxy) is 1. The first-order chi connectivity index (χ1) is 13.3. The van der Waals surface area contributed by atoms with Crippen LogP contribution in [0.25, 0.3) is 0 Å². The highest BCUT2D eigenvalue weighted by molar-refractivity contribution is 5.79. The number of hydrogen-bond donors (Lipinski definition) is 1. The first kappa shape index (κ1) is 21.0. The highest BCUT2D eigenvalue weighted by Crippen LogP contribution is 2.42. The normalized spacial score (nSPS) is 22.5. The lowest BCUT2D eigenvalue weighted by atomic mass is 9.78. The van der Waals surface area contributed by atoms with Gasteiger partial charge in [-0.05, 0) is 30.9 Å². The van der Waals surface area contributed by atoms with Gasteiger partial charge < -0.3 is 15.0 Å². The van der Waals surface area contributed by atoms with Crippen LogP contribution in [0.15, 0.2) is 29.3 Å². The van der Waals surface area contributed by atoms with E-state index in [1.54, 1.807) is 7.05 Å². The van der Waals surface area contributed by atoms with E-state index in [4.69, 9.17) is 4.74 Å². The van der Waals surface area contributed by atoms with E-state index in [2.05, 4.69) is 15.2 Å². The zero-order chi connectivity index (χ0) is 20.2. The van der Waals surface area contributed by atoms with Gasteiger partial charge in [0.1, 0.15) is 0 Å². The van der Waals surface area contributed by atoms with Crippen LogP contribution in [0.1, 0.15) is 43.2 Å². The van der Waals surface area contributed by atoms with Crippen LogP contribution < -0.4 is 5.32 Å². The summed E-state index contributed by atoms with van der Waals surface area (Å²) in [6.07, 6.45) is 0.576. The number of hydrogen-bond acceptors (Lipinski definition) is 2. The topological polar surface area (TPSA) is 36.9 Å². The molecule has 1 aromatic rings. The summed E-state index contributed by atoms with van der Waals surface area (Å²) >= 11 is 0. The summed E-state index contributed by atoms with van der Waals surface area (Å²) in [5.41, 5.74) is -0.0808. The van der Waals surface area contributed by atoms with Gasteiger partial charge in [0.2, 0.25) is 0 Å². The molecule has 1 N–H and O–H groups in total. The van der Waals surface area contributed by atoms with Crippen molar-refractivity contribution in [3.05, 3.63) is 35.4 Å². The van der Waals surface area contributed by atoms with Crippen molar-refractivity contribution < 1.29 is 17.9 Å². The van der Waals surface area contributed by atoms with E-state index in [1.165, 1.54) is 12.1 Å². The lowest BCUT2D eigenvalue weighted by Gasteiger charge is -2.33. The van der Waals surface area contributed by atoms with E-state index in [0.717, 1.165) is 69.5 Å². The van der Waals surface area contributed by atoms with Gasteiger partial charge in [-0.25, -0.2) is 0 Å². The van der Waals surface area contributed by atoms with Gasteiger partial charge in [-0.3, -0.25) is 4.99 Å². The number of rotatable bonds is 5. The predicted octanol–water partition coefficient (Wildman–Crippen LogP) is 4.06. The minimum Gasteiger partial charge on any atom is -0.381 e. The standard InChI is InChI=1S/C21H30F3N3O/c1-25-19(27(2)13-16-8-11-28-14-16)26-15-20(9-3-4-10-20)17-6-5-7-18(12-17)21(22,23)24/h5-7,12,16H,3-4,8-11,13-15H2,1-2H3,(H,25,26). The number of aliphatic imine (C=N–C) groups is 1. The van der Waals surface area contributed by atoms with E-state index in [9.17, 15) is 13.2 Å². The Morgan fingerprint density at radius 2 is 2.07 bits per heavy atom. The first-order valence-corrected chi connectivity index (χ1v) is 10.0. The molecule has 0 spiro atoms. The number of nitrogens with one attached hydrogen (secondary N) is 1. The fourth-order valence-electron chi connectivity index (χ4n) is 4.48. The fourth-order valence-corrected chi connectivity index (χ4v) is 4.48. The number of guanidine groups is 1. The molecule has 0 bridgehead atoms. The van der Waals surface area contributed by atoms with Gasteiger partial charge >= 0.3 is 6.18 Å². The number of benzene rings is 1. The minimum absolute atomic E-state index is 0.283. The third-order valence-electron chi connectivity index (χ3n) is 6.08. The van der Waals surface area contributed by atoms with Gasteiger partial charge in [0.25, 0.3) is 0 Å². The molecular weight excluding hydrogens is 367 g/mol. The molecule has 1 aliphatic carbocycles. The Morgan fingerprint density at radius 3 is 2.68 bits per heavy atom. The SMILES string of the molecule is CN=C(NCC1(c2cccc(C(F)(F)F)c2)CCCC1)N(C)CC1CCOC1. The van der Waals surface area contributed by atoms with Crippen molar-refractivity contribution in [2.75, 3.05) is 40.4 Å². The molecule has 0 aromatic heterocycles. The molecule has 1 aromatic carbocycles. The smallest absolute Gasteiger partial charge is 0.381 e. The van der Waals surface area contributed by atoms with E-state index in [-0.39, 0.29) is 5.41 Å². The van der Waals surface area contributed by atoms with Gasteiger partial charge in [-0.15, -0.1) is 0 Å². The Hall–Kier alpha value is -1.76. The lowest BCUT2D eigenvalue weighted by molar-refractivity contribution is -0.137. The molecule has 0 amide bonds. The van der Waals surface area contributed by atoms with Crippen LogP contribution in [0.4, 0.5) is 13.2 Å². The van der Waals surface area contributed by atoms with Crippen LogP contribution in [0.5, 0.6) is 0 Å². The molecule has 4 nitrogen and oxygen atoms in total. The summed E-state index contributed by atoms with van der Waals surface area (Å²) in [5.74, 6) is 1.28. The molecule has 2 fully saturated rings. The Kier molecular flexibility index (Phi) is 6.53. The summed E-state index contributed by atoms with van der Waals surface area (Å²) < 4.78 is 45.0. The maximum absolute atomic E-state index is 13.2. The third-order valence-corrected chi connectivity index (χ3v) is 6.08. The molecule has 1 heterocycles. The molecule has 2 aliphatic rings. The molecule has 156 valence electrons. The summed E-state index contributed by atoms with van der Waals surface area (Å²) in [6.45, 7) is 3.03. The Balaban J connectivity index is 1.72. The summed E-state index contributed by atoms with van der Waals surface area (Å²) in [4.78, 5) is 6.47. The fraction of sp³-hybridized carbons (Fsp3) is 0.667. The van der Waals surface area contributed by atoms with E-state index in [0.29, 0.717) is 12.5 Å². The molecule has 1 aliphatic heterocycles. The van der Waals surface area contributed by atoms with Crippen molar-refractivity contribution in [2.24, 2.45) is 10.9 Å². The number of alkyl halides is 3. The molecule has 3 rings (SSSR count). The van der Waals surface area contributed by atoms with Crippen LogP contribution in [-0.2, 0) is 16.3 Å². The molecule has 7 heteroatoms. The molecule has 1 saturated carbocycles. The molecular formula is C21H30F3N3O. The third kappa shape index (κ3) is 4.80. The van der Waals surface area contributed by atoms with Crippen molar-refractivity contribution in [1.82, 2.24) is 10.2 Å². The quantitative estimate of drug-likeness (QED) is 0.601. The van der Waals surface area contributed by atoms with Crippen LogP contribution in [0.3, 0.4) is 0 Å². The van der Waals surface area contributed by atoms with E-state index >= 15 is 0 Å². The van der Waals surface area contributed by atoms with E-state index in [1.807, 2.05) is 13.1 Å². The highest BCUT2D eigenvalue weighted by Gasteiger charge is 2.38. The minimum atomic E-state index is -4.32. The monoisotopic (exact) mass is 397 g/mol. The second kappa shape index (κ2) is 8.72. The van der Waals surface area contributed by atoms with Crippen LogP contribution in [0, 0.1) is 5.92 Å². The van der Waals surface area contributed by atoms with Gasteiger partial charge in [-0.2, -0.15) is 13.2 Å². The van der Waals surface area contributed by atoms with Crippen molar-refractivity contribution >= 4 is 5.96 Å². The Bertz CT molecular complexity index is 678. The second-order valence-electron chi connectivity index (χ2n) is 8.08. The van der Waals surface area contributed by atoms with Crippen molar-refractivity contribution in [2.45, 2.75) is 43.7 Å². The summed E-state index contributed by atoms with van der Waals surface area (Å²) in [7, 11) is 3.74. The van der Waals surface area contributed by atoms with Crippen molar-refractivity contribution in [3.63, 3.8) is 0 Å². The zero-order valence-corrected chi connectivity index (χ0v) is 16.7. The van der Waals surface area contributed by atoms with Gasteiger partial charge in [0.15, 0.2) is 5.96 Å². The molecule has 28 heavy (non-hydrogen) atoms. The molecule has 1 atom stereocenters. The van der Waals surface area contributed by atoms with Crippen molar-refractivity contribution in [1.29, 1.82) is 0 Å². The van der Waals surface area contributed by atoms with E-state index < -0.39 is 11.7 Å². The Labute approximate surface area is 165 Å². The summed E-state index contributed by atoms with van der Waals surface area (Å²) in [6, 6.07) is 5.84. The highest BCUT2D eigenvalue weighted by atomic mass is 19.4. The van der Waals surface area contributed by atoms with Crippen LogP contribution in [-0.4, -0.2) is 51.3 Å². The number of nitrogens with zero attached hydrogens (tertiary/aromatic N) is 2. The Morgan fingerprint density at radius 1 is 1.32 bits per heavy atom. The number of halogens is 3. The molecule has 1 saturated heterocycles. The average Bonchev–Trinajstić information content (AvgIpc) is 3.34. The first-order valence-electron chi connectivity index (χ1n) is 10.0. The maximum Gasteiger partial charge on any atom is 0.416 e. The van der Waals surface area contributed by atoms with Crippen LogP contribution >= 0.6 is 0 Å². The maximum atomic E-state index is 13.2. The van der Waals surface area contributed by atoms with Gasteiger partial charge in [0.05, 0.1) is 12.2 Å². The van der Waals surface area contributed by atoms with Gasteiger partial charge in [0, 0.05) is 45.1 Å². The molecule has 1 unspecified atom stereocenters. The molecule has 0 radical (unpaired) electrons. The average molecular weight is 397 g/mol.